The zero-order valence-electron chi connectivity index (χ0n) is 13.8. The summed E-state index contributed by atoms with van der Waals surface area (Å²) in [6.45, 7) is 9.66. The van der Waals surface area contributed by atoms with Crippen molar-refractivity contribution in [2.45, 2.75) is 39.7 Å². The van der Waals surface area contributed by atoms with Crippen molar-refractivity contribution in [3.63, 3.8) is 0 Å². The molecule has 1 aliphatic heterocycles. The molecule has 1 aromatic rings. The highest BCUT2D eigenvalue weighted by Gasteiger charge is 2.35. The van der Waals surface area contributed by atoms with E-state index in [-0.39, 0.29) is 0 Å². The number of ether oxygens (including phenoxy) is 1. The molecule has 0 aliphatic carbocycles. The maximum atomic E-state index is 5.09. The lowest BCUT2D eigenvalue weighted by atomic mass is 9.82. The van der Waals surface area contributed by atoms with Crippen LogP contribution in [0, 0.1) is 5.41 Å². The molecular weight excluding hydrogens is 260 g/mol. The van der Waals surface area contributed by atoms with E-state index in [1.165, 1.54) is 43.6 Å². The third-order valence-corrected chi connectivity index (χ3v) is 5.07. The van der Waals surface area contributed by atoms with Crippen LogP contribution >= 0.6 is 0 Å². The van der Waals surface area contributed by atoms with E-state index in [0.29, 0.717) is 5.41 Å². The zero-order chi connectivity index (χ0) is 15.1. The number of nitrogens with one attached hydrogen (secondary N) is 1. The minimum absolute atomic E-state index is 0.524. The van der Waals surface area contributed by atoms with E-state index in [1.807, 2.05) is 0 Å². The fourth-order valence-electron chi connectivity index (χ4n) is 3.33. The molecule has 0 atom stereocenters. The van der Waals surface area contributed by atoms with Crippen LogP contribution in [0.1, 0.15) is 38.7 Å². The molecule has 21 heavy (non-hydrogen) atoms. The van der Waals surface area contributed by atoms with Crippen LogP contribution in [0.25, 0.3) is 0 Å². The van der Waals surface area contributed by atoms with Gasteiger partial charge in [0.2, 0.25) is 0 Å². The predicted octanol–water partition coefficient (Wildman–Crippen LogP) is 3.44. The molecule has 1 N–H and O–H groups in total. The highest BCUT2D eigenvalue weighted by Crippen LogP contribution is 2.39. The lowest BCUT2D eigenvalue weighted by molar-refractivity contribution is 0.199. The molecule has 3 nitrogen and oxygen atoms in total. The Kier molecular flexibility index (Phi) is 6.07. The van der Waals surface area contributed by atoms with Crippen LogP contribution < -0.4 is 10.2 Å². The molecule has 0 bridgehead atoms. The third-order valence-electron chi connectivity index (χ3n) is 5.07. The van der Waals surface area contributed by atoms with E-state index < -0.39 is 0 Å². The topological polar surface area (TPSA) is 24.5 Å². The second-order valence-electron chi connectivity index (χ2n) is 6.18. The molecule has 0 spiro atoms. The molecule has 1 aromatic carbocycles. The molecule has 0 radical (unpaired) electrons. The van der Waals surface area contributed by atoms with Crippen LogP contribution in [-0.2, 0) is 11.3 Å². The number of rotatable bonds is 8. The molecule has 118 valence electrons. The lowest BCUT2D eigenvalue weighted by Crippen LogP contribution is -2.27. The largest absolute Gasteiger partial charge is 0.383 e. The third kappa shape index (κ3) is 3.98. The number of nitrogens with zero attached hydrogens (tertiary/aromatic N) is 1. The first-order valence-electron chi connectivity index (χ1n) is 8.27. The summed E-state index contributed by atoms with van der Waals surface area (Å²) in [5, 5.41) is 3.46. The van der Waals surface area contributed by atoms with Gasteiger partial charge in [-0.2, -0.15) is 0 Å². The summed E-state index contributed by atoms with van der Waals surface area (Å²) in [4.78, 5) is 2.58. The Morgan fingerprint density at radius 2 is 2.00 bits per heavy atom. The fraction of sp³-hybridized carbons (Fsp3) is 0.667. The van der Waals surface area contributed by atoms with Gasteiger partial charge in [0.1, 0.15) is 0 Å². The number of hydrogen-bond acceptors (Lipinski definition) is 3. The quantitative estimate of drug-likeness (QED) is 0.742. The van der Waals surface area contributed by atoms with Gasteiger partial charge in [-0.05, 0) is 36.3 Å². The maximum absolute atomic E-state index is 5.09. The van der Waals surface area contributed by atoms with E-state index in [1.54, 1.807) is 7.11 Å². The Hall–Kier alpha value is -1.06. The van der Waals surface area contributed by atoms with Gasteiger partial charge in [0, 0.05) is 39.0 Å². The van der Waals surface area contributed by atoms with Crippen molar-refractivity contribution in [3.05, 3.63) is 29.8 Å². The maximum Gasteiger partial charge on any atom is 0.0587 e. The molecule has 0 aromatic heterocycles. The van der Waals surface area contributed by atoms with Crippen molar-refractivity contribution in [1.82, 2.24) is 5.32 Å². The van der Waals surface area contributed by atoms with Gasteiger partial charge in [-0.25, -0.2) is 0 Å². The van der Waals surface area contributed by atoms with Crippen molar-refractivity contribution in [1.29, 1.82) is 0 Å². The van der Waals surface area contributed by atoms with Crippen LogP contribution in [0.2, 0.25) is 0 Å². The Morgan fingerprint density at radius 3 is 2.67 bits per heavy atom. The van der Waals surface area contributed by atoms with Gasteiger partial charge in [0.15, 0.2) is 0 Å². The number of methoxy groups -OCH3 is 1. The Morgan fingerprint density at radius 1 is 1.24 bits per heavy atom. The summed E-state index contributed by atoms with van der Waals surface area (Å²) >= 11 is 0. The summed E-state index contributed by atoms with van der Waals surface area (Å²) in [5.41, 5.74) is 3.33. The summed E-state index contributed by atoms with van der Waals surface area (Å²) < 4.78 is 5.09. The molecule has 1 saturated heterocycles. The molecule has 1 aliphatic rings. The number of para-hydroxylation sites is 1. The second-order valence-corrected chi connectivity index (χ2v) is 6.18. The van der Waals surface area contributed by atoms with E-state index in [9.17, 15) is 0 Å². The van der Waals surface area contributed by atoms with E-state index in [4.69, 9.17) is 4.74 Å². The van der Waals surface area contributed by atoms with Crippen molar-refractivity contribution < 1.29 is 4.74 Å². The van der Waals surface area contributed by atoms with Gasteiger partial charge in [0.25, 0.3) is 0 Å². The van der Waals surface area contributed by atoms with Gasteiger partial charge < -0.3 is 15.0 Å². The summed E-state index contributed by atoms with van der Waals surface area (Å²) in [7, 11) is 1.74. The van der Waals surface area contributed by atoms with Crippen molar-refractivity contribution in [3.8, 4) is 0 Å². The molecule has 0 amide bonds. The first-order chi connectivity index (χ1) is 10.2. The SMILES string of the molecule is CCC1(CC)CCN(c2ccccc2CNCCOC)C1. The predicted molar refractivity (Wildman–Crippen MR) is 89.9 cm³/mol. The Labute approximate surface area is 129 Å². The fourth-order valence-corrected chi connectivity index (χ4v) is 3.33. The van der Waals surface area contributed by atoms with Crippen molar-refractivity contribution in [2.24, 2.45) is 5.41 Å². The zero-order valence-corrected chi connectivity index (χ0v) is 13.8. The number of anilines is 1. The van der Waals surface area contributed by atoms with E-state index in [2.05, 4.69) is 48.3 Å². The Bertz CT molecular complexity index is 429. The van der Waals surface area contributed by atoms with Crippen LogP contribution in [0.5, 0.6) is 0 Å². The van der Waals surface area contributed by atoms with Crippen LogP contribution in [-0.4, -0.2) is 33.4 Å². The molecule has 1 fully saturated rings. The summed E-state index contributed by atoms with van der Waals surface area (Å²) in [5.74, 6) is 0. The standard InChI is InChI=1S/C18H30N2O/c1-4-18(5-2)10-12-20(15-18)17-9-7-6-8-16(17)14-19-11-13-21-3/h6-9,19H,4-5,10-15H2,1-3H3. The number of hydrogen-bond donors (Lipinski definition) is 1. The molecule has 3 heteroatoms. The average molecular weight is 290 g/mol. The number of benzene rings is 1. The first kappa shape index (κ1) is 16.3. The molecular formula is C18H30N2O. The van der Waals surface area contributed by atoms with Gasteiger partial charge in [-0.1, -0.05) is 32.0 Å². The highest BCUT2D eigenvalue weighted by atomic mass is 16.5. The van der Waals surface area contributed by atoms with Crippen LogP contribution in [0.4, 0.5) is 5.69 Å². The van der Waals surface area contributed by atoms with Crippen molar-refractivity contribution in [2.75, 3.05) is 38.3 Å². The van der Waals surface area contributed by atoms with Gasteiger partial charge in [-0.3, -0.25) is 0 Å². The minimum Gasteiger partial charge on any atom is -0.383 e. The average Bonchev–Trinajstić information content (AvgIpc) is 2.97. The minimum atomic E-state index is 0.524. The lowest BCUT2D eigenvalue weighted by Gasteiger charge is -2.28. The molecule has 0 unspecified atom stereocenters. The molecule has 1 heterocycles. The van der Waals surface area contributed by atoms with Crippen molar-refractivity contribution >= 4 is 5.69 Å². The summed E-state index contributed by atoms with van der Waals surface area (Å²) in [6.07, 6.45) is 3.90. The van der Waals surface area contributed by atoms with Gasteiger partial charge in [0.05, 0.1) is 6.61 Å². The monoisotopic (exact) mass is 290 g/mol. The first-order valence-corrected chi connectivity index (χ1v) is 8.27. The normalized spacial score (nSPS) is 17.4. The Balaban J connectivity index is 2.03. The highest BCUT2D eigenvalue weighted by molar-refractivity contribution is 5.54. The van der Waals surface area contributed by atoms with Gasteiger partial charge >= 0.3 is 0 Å². The molecule has 2 rings (SSSR count). The van der Waals surface area contributed by atoms with Gasteiger partial charge in [-0.15, -0.1) is 0 Å². The van der Waals surface area contributed by atoms with E-state index >= 15 is 0 Å². The van der Waals surface area contributed by atoms with Crippen LogP contribution in [0.3, 0.4) is 0 Å². The second kappa shape index (κ2) is 7.81. The molecule has 0 saturated carbocycles. The van der Waals surface area contributed by atoms with Crippen LogP contribution in [0.15, 0.2) is 24.3 Å². The van der Waals surface area contributed by atoms with E-state index in [0.717, 1.165) is 19.7 Å². The summed E-state index contributed by atoms with van der Waals surface area (Å²) in [6, 6.07) is 8.81. The smallest absolute Gasteiger partial charge is 0.0587 e.